The fraction of sp³-hybridized carbons (Fsp3) is 0.417. The molecule has 1 aromatic heterocycles. The van der Waals surface area contributed by atoms with Crippen LogP contribution in [0.2, 0.25) is 0 Å². The van der Waals surface area contributed by atoms with E-state index >= 15 is 0 Å². The third-order valence-corrected chi connectivity index (χ3v) is 9.23. The van der Waals surface area contributed by atoms with E-state index in [0.29, 0.717) is 10.7 Å². The highest BCUT2D eigenvalue weighted by Crippen LogP contribution is 2.47. The van der Waals surface area contributed by atoms with E-state index in [2.05, 4.69) is 26.2 Å². The van der Waals surface area contributed by atoms with Gasteiger partial charge in [-0.05, 0) is 41.0 Å². The number of tetrazole rings is 1. The van der Waals surface area contributed by atoms with Crippen LogP contribution in [0, 0.1) is 10.1 Å². The van der Waals surface area contributed by atoms with Crippen LogP contribution in [0.5, 0.6) is 0 Å². The maximum atomic E-state index is 13.3. The monoisotopic (exact) mass is 650 g/mol. The number of hydrogen-bond donors (Lipinski definition) is 4. The summed E-state index contributed by atoms with van der Waals surface area (Å²) in [5.74, 6) is -4.43. The SMILES string of the molecule is CO[C@@]1(NC(=O)CCCC(NC(=O)c2ccc([N+](=O)[O-])cc2)C(=O)O)C(=O)N2C(C(=O)O)=C(CSc3nnnn3C)CS[C@H]21. The summed E-state index contributed by atoms with van der Waals surface area (Å²) < 4.78 is 6.85. The van der Waals surface area contributed by atoms with Crippen molar-refractivity contribution in [1.29, 1.82) is 0 Å². The molecule has 2 aliphatic heterocycles. The third kappa shape index (κ3) is 6.50. The van der Waals surface area contributed by atoms with E-state index in [1.54, 1.807) is 7.05 Å². The van der Waals surface area contributed by atoms with Crippen LogP contribution in [0.4, 0.5) is 5.69 Å². The highest BCUT2D eigenvalue weighted by atomic mass is 32.2. The summed E-state index contributed by atoms with van der Waals surface area (Å²) in [5.41, 5.74) is -1.79. The number of nitrogens with zero attached hydrogens (tertiary/aromatic N) is 6. The number of aliphatic carboxylic acids is 2. The van der Waals surface area contributed by atoms with Crippen molar-refractivity contribution in [2.24, 2.45) is 7.05 Å². The molecule has 1 unspecified atom stereocenters. The smallest absolute Gasteiger partial charge is 0.352 e. The number of benzene rings is 1. The first-order valence-corrected chi connectivity index (χ1v) is 14.8. The Morgan fingerprint density at radius 2 is 1.98 bits per heavy atom. The molecular weight excluding hydrogens is 624 g/mol. The molecule has 3 heterocycles. The number of carboxylic acids is 2. The Morgan fingerprint density at radius 1 is 1.27 bits per heavy atom. The molecule has 234 valence electrons. The van der Waals surface area contributed by atoms with E-state index in [1.807, 2.05) is 0 Å². The quantitative estimate of drug-likeness (QED) is 0.0689. The number of rotatable bonds is 14. The van der Waals surface area contributed by atoms with Gasteiger partial charge in [0.1, 0.15) is 17.1 Å². The average Bonchev–Trinajstić information content (AvgIpc) is 3.41. The van der Waals surface area contributed by atoms with Gasteiger partial charge in [0.2, 0.25) is 11.1 Å². The first kappa shape index (κ1) is 32.4. The number of nitro groups is 1. The number of fused-ring (bicyclic) bond motifs is 1. The minimum atomic E-state index is -1.83. The molecule has 1 saturated heterocycles. The molecule has 0 saturated carbocycles. The Bertz CT molecular complexity index is 1530. The highest BCUT2D eigenvalue weighted by Gasteiger charge is 2.66. The maximum Gasteiger partial charge on any atom is 0.352 e. The molecule has 4 rings (SSSR count). The van der Waals surface area contributed by atoms with E-state index in [-0.39, 0.29) is 47.7 Å². The molecule has 3 atom stereocenters. The Morgan fingerprint density at radius 3 is 2.55 bits per heavy atom. The van der Waals surface area contributed by atoms with Crippen molar-refractivity contribution in [2.75, 3.05) is 18.6 Å². The zero-order valence-corrected chi connectivity index (χ0v) is 24.8. The zero-order chi connectivity index (χ0) is 32.2. The molecule has 1 fully saturated rings. The lowest BCUT2D eigenvalue weighted by Gasteiger charge is -2.55. The van der Waals surface area contributed by atoms with E-state index in [1.165, 1.54) is 47.4 Å². The second-order valence-corrected chi connectivity index (χ2v) is 11.5. The number of non-ortho nitro benzene ring substituents is 1. The van der Waals surface area contributed by atoms with Crippen LogP contribution >= 0.6 is 23.5 Å². The summed E-state index contributed by atoms with van der Waals surface area (Å²) in [6, 6.07) is 3.23. The molecule has 0 bridgehead atoms. The predicted molar refractivity (Wildman–Crippen MR) is 151 cm³/mol. The highest BCUT2D eigenvalue weighted by molar-refractivity contribution is 8.01. The van der Waals surface area contributed by atoms with Crippen LogP contribution < -0.4 is 10.6 Å². The van der Waals surface area contributed by atoms with Gasteiger partial charge in [-0.15, -0.1) is 16.9 Å². The van der Waals surface area contributed by atoms with Gasteiger partial charge in [0.15, 0.2) is 0 Å². The molecule has 1 aromatic carbocycles. The normalized spacial score (nSPS) is 19.9. The Balaban J connectivity index is 1.35. The van der Waals surface area contributed by atoms with Crippen LogP contribution in [0.3, 0.4) is 0 Å². The molecule has 3 amide bonds. The molecular formula is C24H26N8O10S2. The number of nitro benzene ring substituents is 1. The van der Waals surface area contributed by atoms with Gasteiger partial charge >= 0.3 is 11.9 Å². The van der Waals surface area contributed by atoms with Gasteiger partial charge < -0.3 is 25.6 Å². The predicted octanol–water partition coefficient (Wildman–Crippen LogP) is -0.0234. The third-order valence-electron chi connectivity index (χ3n) is 6.76. The van der Waals surface area contributed by atoms with Crippen LogP contribution in [0.25, 0.3) is 0 Å². The number of β-lactam (4-membered cyclic amide) rings is 1. The second kappa shape index (κ2) is 13.4. The van der Waals surface area contributed by atoms with E-state index in [9.17, 15) is 44.3 Å². The summed E-state index contributed by atoms with van der Waals surface area (Å²) in [7, 11) is 2.84. The van der Waals surface area contributed by atoms with Crippen molar-refractivity contribution in [3.05, 3.63) is 51.2 Å². The summed E-state index contributed by atoms with van der Waals surface area (Å²) in [4.78, 5) is 73.7. The van der Waals surface area contributed by atoms with Gasteiger partial charge in [-0.2, -0.15) is 0 Å². The number of methoxy groups -OCH3 is 1. The first-order valence-electron chi connectivity index (χ1n) is 12.8. The summed E-state index contributed by atoms with van der Waals surface area (Å²) in [5, 5.41) is 45.8. The summed E-state index contributed by atoms with van der Waals surface area (Å²) >= 11 is 2.41. The van der Waals surface area contributed by atoms with Crippen molar-refractivity contribution < 1.29 is 43.8 Å². The number of carboxylic acid groups (broad SMARTS) is 2. The number of carbonyl (C=O) groups excluding carboxylic acids is 3. The van der Waals surface area contributed by atoms with Crippen molar-refractivity contribution in [3.63, 3.8) is 0 Å². The number of aromatic nitrogens is 4. The minimum Gasteiger partial charge on any atom is -0.480 e. The summed E-state index contributed by atoms with van der Waals surface area (Å²) in [6.45, 7) is 0. The summed E-state index contributed by atoms with van der Waals surface area (Å²) in [6.07, 6.45) is -0.382. The van der Waals surface area contributed by atoms with Crippen molar-refractivity contribution in [1.82, 2.24) is 35.7 Å². The number of aryl methyl sites for hydroxylation is 1. The molecule has 4 N–H and O–H groups in total. The lowest BCUT2D eigenvalue weighted by molar-refractivity contribution is -0.384. The van der Waals surface area contributed by atoms with E-state index < -0.39 is 51.7 Å². The van der Waals surface area contributed by atoms with E-state index in [4.69, 9.17) is 4.74 Å². The largest absolute Gasteiger partial charge is 0.480 e. The van der Waals surface area contributed by atoms with E-state index in [0.717, 1.165) is 17.0 Å². The molecule has 2 aromatic rings. The Labute approximate surface area is 256 Å². The minimum absolute atomic E-state index is 0.00258. The maximum absolute atomic E-state index is 13.3. The van der Waals surface area contributed by atoms with Gasteiger partial charge in [0, 0.05) is 49.8 Å². The lowest BCUT2D eigenvalue weighted by atomic mass is 9.98. The second-order valence-electron chi connectivity index (χ2n) is 9.52. The standard InChI is InChI=1S/C24H26N8O10S2/c1-30-23(27-28-29-30)44-11-13-10-43-22-24(42-2,21(39)31(22)17(13)20(37)38)26-16(33)5-3-4-15(19(35)36)25-18(34)12-6-8-14(9-7-12)32(40)41/h6-9,15,22H,3-5,10-11H2,1-2H3,(H,25,34)(H,26,33)(H,35,36)(H,37,38)/t15?,22-,24-/m0/s1. The van der Waals surface area contributed by atoms with Crippen LogP contribution in [-0.2, 0) is 31.0 Å². The number of nitrogens with one attached hydrogen (secondary N) is 2. The average molecular weight is 651 g/mol. The Kier molecular flexibility index (Phi) is 9.85. The van der Waals surface area contributed by atoms with Gasteiger partial charge in [-0.1, -0.05) is 11.8 Å². The van der Waals surface area contributed by atoms with Crippen LogP contribution in [-0.4, -0.2) is 106 Å². The molecule has 18 nitrogen and oxygen atoms in total. The van der Waals surface area contributed by atoms with Gasteiger partial charge in [-0.3, -0.25) is 29.4 Å². The topological polar surface area (TPSA) is 249 Å². The molecule has 44 heavy (non-hydrogen) atoms. The van der Waals surface area contributed by atoms with Gasteiger partial charge in [-0.25, -0.2) is 14.3 Å². The van der Waals surface area contributed by atoms with Crippen LogP contribution in [0.15, 0.2) is 40.7 Å². The first-order chi connectivity index (χ1) is 20.9. The van der Waals surface area contributed by atoms with Crippen LogP contribution in [0.1, 0.15) is 29.6 Å². The number of ether oxygens (including phenoxy) is 1. The lowest BCUT2D eigenvalue weighted by Crippen LogP contribution is -2.80. The molecule has 2 aliphatic rings. The Hall–Kier alpha value is -4.56. The fourth-order valence-electron chi connectivity index (χ4n) is 4.52. The number of hydrogen-bond acceptors (Lipinski definition) is 13. The van der Waals surface area contributed by atoms with Crippen molar-refractivity contribution in [2.45, 2.75) is 41.6 Å². The molecule has 0 aliphatic carbocycles. The number of thioether (sulfide) groups is 2. The zero-order valence-electron chi connectivity index (χ0n) is 23.2. The van der Waals surface area contributed by atoms with Gasteiger partial charge in [0.25, 0.3) is 23.2 Å². The fourth-order valence-corrected chi connectivity index (χ4v) is 6.95. The van der Waals surface area contributed by atoms with Gasteiger partial charge in [0.05, 0.1) is 4.92 Å². The molecule has 0 spiro atoms. The van der Waals surface area contributed by atoms with Crippen molar-refractivity contribution in [3.8, 4) is 0 Å². The number of amides is 3. The molecule has 0 radical (unpaired) electrons. The van der Waals surface area contributed by atoms with Crippen molar-refractivity contribution >= 4 is 58.9 Å². The number of carbonyl (C=O) groups is 5. The molecule has 20 heteroatoms.